The second-order valence-corrected chi connectivity index (χ2v) is 10.0. The number of aliphatic hydroxyl groups excluding tert-OH is 1. The van der Waals surface area contributed by atoms with Gasteiger partial charge in [0.05, 0.1) is 12.4 Å². The van der Waals surface area contributed by atoms with Gasteiger partial charge in [0.1, 0.15) is 6.04 Å². The zero-order valence-electron chi connectivity index (χ0n) is 15.8. The predicted molar refractivity (Wildman–Crippen MR) is 106 cm³/mol. The van der Waals surface area contributed by atoms with Crippen LogP contribution < -0.4 is 11.1 Å². The first-order valence-electron chi connectivity index (χ1n) is 9.91. The number of nitrogens with one attached hydrogen (secondary N) is 1. The zero-order valence-corrected chi connectivity index (χ0v) is 16.6. The molecule has 3 aliphatic heterocycles. The minimum Gasteiger partial charge on any atom is -0.394 e. The molecule has 4 unspecified atom stereocenters. The van der Waals surface area contributed by atoms with Gasteiger partial charge in [0.15, 0.2) is 0 Å². The predicted octanol–water partition coefficient (Wildman–Crippen LogP) is -0.262. The number of carbonyl (C=O) groups excluding carboxylic acids is 1. The van der Waals surface area contributed by atoms with Gasteiger partial charge in [0, 0.05) is 36.9 Å². The molecule has 3 aliphatic rings. The molecular weight excluding hydrogens is 380 g/mol. The fraction of sp³-hybridized carbons (Fsp3) is 0.632. The van der Waals surface area contributed by atoms with E-state index in [1.165, 1.54) is 0 Å². The van der Waals surface area contributed by atoms with Crippen LogP contribution in [0.2, 0.25) is 0 Å². The molecule has 0 saturated carbocycles. The number of fused-ring (bicyclic) bond motifs is 4. The average Bonchev–Trinajstić information content (AvgIpc) is 3.48. The van der Waals surface area contributed by atoms with Crippen molar-refractivity contribution in [2.75, 3.05) is 30.8 Å². The maximum Gasteiger partial charge on any atom is 0.243 e. The molecule has 0 aromatic heterocycles. The summed E-state index contributed by atoms with van der Waals surface area (Å²) in [4.78, 5) is 14.5. The summed E-state index contributed by atoms with van der Waals surface area (Å²) >= 11 is 0. The molecule has 4 N–H and O–H groups in total. The normalized spacial score (nSPS) is 34.0. The Bertz CT molecular complexity index is 846. The van der Waals surface area contributed by atoms with E-state index >= 15 is 0 Å². The van der Waals surface area contributed by atoms with Crippen molar-refractivity contribution >= 4 is 21.6 Å². The molecule has 3 heterocycles. The van der Waals surface area contributed by atoms with Crippen LogP contribution in [0.3, 0.4) is 0 Å². The highest BCUT2D eigenvalue weighted by Crippen LogP contribution is 2.40. The van der Waals surface area contributed by atoms with Crippen molar-refractivity contribution in [1.29, 1.82) is 0 Å². The number of hydrogen-bond acceptors (Lipinski definition) is 6. The Balaban J connectivity index is 1.48. The monoisotopic (exact) mass is 408 g/mol. The smallest absolute Gasteiger partial charge is 0.243 e. The third kappa shape index (κ3) is 3.81. The van der Waals surface area contributed by atoms with Gasteiger partial charge in [-0.1, -0.05) is 18.2 Å². The highest BCUT2D eigenvalue weighted by Gasteiger charge is 2.54. The molecule has 28 heavy (non-hydrogen) atoms. The van der Waals surface area contributed by atoms with Crippen molar-refractivity contribution in [2.45, 2.75) is 49.9 Å². The number of para-hydroxylation sites is 1. The number of nitrogens with two attached hydrogens (primary N) is 1. The lowest BCUT2D eigenvalue weighted by atomic mass is 9.99. The quantitative estimate of drug-likeness (QED) is 0.559. The molecule has 8 nitrogen and oxygen atoms in total. The van der Waals surface area contributed by atoms with Crippen molar-refractivity contribution in [3.63, 3.8) is 0 Å². The van der Waals surface area contributed by atoms with E-state index in [-0.39, 0.29) is 11.8 Å². The molecule has 3 saturated heterocycles. The van der Waals surface area contributed by atoms with Gasteiger partial charge >= 0.3 is 0 Å². The first-order chi connectivity index (χ1) is 13.4. The van der Waals surface area contributed by atoms with E-state index in [1.54, 1.807) is 10.4 Å². The SMILES string of the molecule is N[C@@H](CO)C(=O)Nc1ccccc1CC[C@H]1C2CN2C2CCCS(=O)(=O)N1C2. The van der Waals surface area contributed by atoms with Crippen LogP contribution in [-0.2, 0) is 21.2 Å². The van der Waals surface area contributed by atoms with Gasteiger partial charge in [-0.2, -0.15) is 4.31 Å². The number of nitrogens with zero attached hydrogens (tertiary/aromatic N) is 2. The summed E-state index contributed by atoms with van der Waals surface area (Å²) in [6.45, 7) is 1.17. The summed E-state index contributed by atoms with van der Waals surface area (Å²) < 4.78 is 27.2. The van der Waals surface area contributed by atoms with Gasteiger partial charge in [-0.25, -0.2) is 8.42 Å². The van der Waals surface area contributed by atoms with Crippen LogP contribution in [-0.4, -0.2) is 78.3 Å². The molecule has 9 heteroatoms. The van der Waals surface area contributed by atoms with Crippen LogP contribution in [0.5, 0.6) is 0 Å². The van der Waals surface area contributed by atoms with E-state index in [4.69, 9.17) is 10.8 Å². The molecule has 6 atom stereocenters. The standard InChI is InChI=1S/C19H28N4O4S/c20-15(12-24)19(25)21-16-6-2-1-4-13(16)7-8-17-18-11-22(18)14-5-3-9-28(26,27)23(17)10-14/h1-2,4,6,14-15,17-18,24H,3,5,7-12,20H2,(H,21,25)/t14?,15-,17-,18?,22?/m0/s1. The Labute approximate surface area is 165 Å². The number of aryl methyl sites for hydroxylation is 1. The molecule has 0 aliphatic carbocycles. The lowest BCUT2D eigenvalue weighted by Crippen LogP contribution is -2.53. The van der Waals surface area contributed by atoms with Crippen LogP contribution in [0.1, 0.15) is 24.8 Å². The first-order valence-corrected chi connectivity index (χ1v) is 11.5. The Morgan fingerprint density at radius 1 is 1.32 bits per heavy atom. The van der Waals surface area contributed by atoms with Crippen molar-refractivity contribution in [1.82, 2.24) is 9.21 Å². The number of sulfonamides is 1. The number of benzene rings is 1. The van der Waals surface area contributed by atoms with E-state index < -0.39 is 28.6 Å². The number of aliphatic hydroxyl groups is 1. The van der Waals surface area contributed by atoms with Crippen molar-refractivity contribution in [3.05, 3.63) is 29.8 Å². The Morgan fingerprint density at radius 2 is 2.11 bits per heavy atom. The maximum absolute atomic E-state index is 12.7. The lowest BCUT2D eigenvalue weighted by molar-refractivity contribution is -0.118. The summed E-state index contributed by atoms with van der Waals surface area (Å²) in [5.74, 6) is -0.189. The third-order valence-electron chi connectivity index (χ3n) is 6.18. The number of carbonyl (C=O) groups is 1. The Kier molecular flexibility index (Phi) is 5.45. The third-order valence-corrected chi connectivity index (χ3v) is 8.12. The number of amides is 1. The summed E-state index contributed by atoms with van der Waals surface area (Å²) in [6.07, 6.45) is 3.07. The van der Waals surface area contributed by atoms with Crippen LogP contribution in [0.25, 0.3) is 0 Å². The molecule has 0 spiro atoms. The van der Waals surface area contributed by atoms with Gasteiger partial charge in [0.25, 0.3) is 0 Å². The van der Waals surface area contributed by atoms with E-state index in [1.807, 2.05) is 18.2 Å². The van der Waals surface area contributed by atoms with Crippen molar-refractivity contribution < 1.29 is 18.3 Å². The van der Waals surface area contributed by atoms with E-state index in [2.05, 4.69) is 10.2 Å². The largest absolute Gasteiger partial charge is 0.394 e. The van der Waals surface area contributed by atoms with Crippen molar-refractivity contribution in [3.8, 4) is 0 Å². The first kappa shape index (κ1) is 19.8. The van der Waals surface area contributed by atoms with Gasteiger partial charge in [-0.15, -0.1) is 0 Å². The number of rotatable bonds is 6. The highest BCUT2D eigenvalue weighted by molar-refractivity contribution is 7.89. The molecular formula is C19H28N4O4S. The van der Waals surface area contributed by atoms with E-state index in [9.17, 15) is 13.2 Å². The van der Waals surface area contributed by atoms with Gasteiger partial charge < -0.3 is 16.2 Å². The lowest BCUT2D eigenvalue weighted by Gasteiger charge is -2.37. The highest BCUT2D eigenvalue weighted by atomic mass is 32.2. The van der Waals surface area contributed by atoms with Gasteiger partial charge in [-0.3, -0.25) is 9.69 Å². The minimum atomic E-state index is -3.20. The summed E-state index contributed by atoms with van der Waals surface area (Å²) in [5.41, 5.74) is 7.20. The average molecular weight is 409 g/mol. The summed E-state index contributed by atoms with van der Waals surface area (Å²) in [6, 6.07) is 7.18. The molecule has 3 fully saturated rings. The molecule has 2 bridgehead atoms. The molecule has 4 rings (SSSR count). The van der Waals surface area contributed by atoms with Crippen LogP contribution in [0.4, 0.5) is 5.69 Å². The fourth-order valence-electron chi connectivity index (χ4n) is 4.58. The van der Waals surface area contributed by atoms with Crippen molar-refractivity contribution in [2.24, 2.45) is 5.73 Å². The molecule has 154 valence electrons. The number of piperazine rings is 1. The second kappa shape index (κ2) is 7.72. The molecule has 1 aromatic carbocycles. The van der Waals surface area contributed by atoms with E-state index in [0.717, 1.165) is 24.9 Å². The van der Waals surface area contributed by atoms with E-state index in [0.29, 0.717) is 37.2 Å². The topological polar surface area (TPSA) is 116 Å². The fourth-order valence-corrected chi connectivity index (χ4v) is 6.40. The molecule has 1 aromatic rings. The number of hydrogen-bond donors (Lipinski definition) is 3. The second-order valence-electron chi connectivity index (χ2n) is 7.99. The Morgan fingerprint density at radius 3 is 2.89 bits per heavy atom. The van der Waals surface area contributed by atoms with Crippen LogP contribution in [0, 0.1) is 0 Å². The summed E-state index contributed by atoms with van der Waals surface area (Å²) in [5, 5.41) is 11.8. The molecule has 0 radical (unpaired) electrons. The van der Waals surface area contributed by atoms with Gasteiger partial charge in [-0.05, 0) is 37.3 Å². The maximum atomic E-state index is 12.7. The van der Waals surface area contributed by atoms with Crippen LogP contribution in [0.15, 0.2) is 24.3 Å². The number of anilines is 1. The molecule has 1 amide bonds. The minimum absolute atomic E-state index is 0.0113. The zero-order chi connectivity index (χ0) is 19.9. The van der Waals surface area contributed by atoms with Crippen LogP contribution >= 0.6 is 0 Å². The Hall–Kier alpha value is -1.52. The summed E-state index contributed by atoms with van der Waals surface area (Å²) in [7, 11) is -3.20. The van der Waals surface area contributed by atoms with Gasteiger partial charge in [0.2, 0.25) is 15.9 Å².